The van der Waals surface area contributed by atoms with E-state index in [4.69, 9.17) is 9.47 Å². The second-order valence-corrected chi connectivity index (χ2v) is 5.19. The number of aromatic hydroxyl groups is 1. The number of pyridine rings is 1. The Morgan fingerprint density at radius 1 is 1.60 bits per heavy atom. The number of aromatic amines is 1. The smallest absolute Gasteiger partial charge is 0.219 e. The molecule has 2 rings (SSSR count). The van der Waals surface area contributed by atoms with Gasteiger partial charge in [-0.2, -0.15) is 0 Å². The number of H-pyrrole nitrogens is 1. The molecule has 0 bridgehead atoms. The van der Waals surface area contributed by atoms with Crippen LogP contribution in [0.2, 0.25) is 0 Å². The van der Waals surface area contributed by atoms with Crippen molar-refractivity contribution in [3.63, 3.8) is 0 Å². The van der Waals surface area contributed by atoms with E-state index >= 15 is 0 Å². The van der Waals surface area contributed by atoms with E-state index in [2.05, 4.69) is 18.0 Å². The third-order valence-corrected chi connectivity index (χ3v) is 3.59. The molecule has 0 radical (unpaired) electrons. The number of aryl methyl sites for hydroxylation is 1. The van der Waals surface area contributed by atoms with Crippen LogP contribution in [0.3, 0.4) is 0 Å². The van der Waals surface area contributed by atoms with Crippen LogP contribution in [-0.2, 0) is 16.1 Å². The molecule has 20 heavy (non-hydrogen) atoms. The molecule has 0 fully saturated rings. The quantitative estimate of drug-likeness (QED) is 0.813. The second kappa shape index (κ2) is 6.86. The molecule has 0 saturated carbocycles. The topological polar surface area (TPSA) is 52.8 Å². The summed E-state index contributed by atoms with van der Waals surface area (Å²) in [7, 11) is 0. The summed E-state index contributed by atoms with van der Waals surface area (Å²) < 4.78 is 11.7. The number of aromatic nitrogens is 1. The van der Waals surface area contributed by atoms with E-state index in [1.807, 2.05) is 26.1 Å². The lowest BCUT2D eigenvalue weighted by molar-refractivity contribution is -0.389. The van der Waals surface area contributed by atoms with Gasteiger partial charge in [0.2, 0.25) is 5.69 Å². The fourth-order valence-electron chi connectivity index (χ4n) is 2.42. The molecule has 1 aromatic heterocycles. The van der Waals surface area contributed by atoms with Crippen molar-refractivity contribution in [2.75, 3.05) is 0 Å². The molecule has 1 aliphatic rings. The maximum Gasteiger partial charge on any atom is 0.219 e. The molecule has 4 heteroatoms. The number of fused-ring (bicyclic) bond motifs is 1. The molecule has 110 valence electrons. The molecule has 2 heterocycles. The molecular weight excluding hydrogens is 254 g/mol. The van der Waals surface area contributed by atoms with Gasteiger partial charge in [-0.05, 0) is 13.3 Å². The van der Waals surface area contributed by atoms with E-state index in [0.29, 0.717) is 6.61 Å². The Labute approximate surface area is 120 Å². The van der Waals surface area contributed by atoms with Gasteiger partial charge in [-0.1, -0.05) is 31.9 Å². The summed E-state index contributed by atoms with van der Waals surface area (Å²) in [6.45, 7) is 6.47. The standard InChI is InChI=1S/C16H23NO3/c1-4-6-8-13(7-5-2)20-16-14-12(10-19-16)9-17-11(3)15(14)18/h5,7,9,13,16,18H,4,6,8,10H2,1-3H3/p+1/b7-5+. The molecule has 2 unspecified atom stereocenters. The van der Waals surface area contributed by atoms with Crippen molar-refractivity contribution in [1.29, 1.82) is 0 Å². The van der Waals surface area contributed by atoms with Crippen molar-refractivity contribution in [2.45, 2.75) is 59.0 Å². The van der Waals surface area contributed by atoms with Crippen LogP contribution in [0.4, 0.5) is 0 Å². The van der Waals surface area contributed by atoms with Crippen LogP contribution in [0.15, 0.2) is 18.3 Å². The van der Waals surface area contributed by atoms with E-state index in [1.54, 1.807) is 0 Å². The summed E-state index contributed by atoms with van der Waals surface area (Å²) in [4.78, 5) is 3.03. The Balaban J connectivity index is 2.14. The minimum atomic E-state index is -0.476. The zero-order chi connectivity index (χ0) is 14.5. The van der Waals surface area contributed by atoms with Gasteiger partial charge in [-0.3, -0.25) is 0 Å². The highest BCUT2D eigenvalue weighted by atomic mass is 16.7. The lowest BCUT2D eigenvalue weighted by atomic mass is 10.1. The first-order valence-electron chi connectivity index (χ1n) is 7.30. The second-order valence-electron chi connectivity index (χ2n) is 5.19. The van der Waals surface area contributed by atoms with Gasteiger partial charge in [0.05, 0.1) is 23.8 Å². The summed E-state index contributed by atoms with van der Waals surface area (Å²) in [5, 5.41) is 10.2. The largest absolute Gasteiger partial charge is 0.502 e. The number of nitrogens with one attached hydrogen (secondary N) is 1. The van der Waals surface area contributed by atoms with Crippen molar-refractivity contribution < 1.29 is 19.6 Å². The average Bonchev–Trinajstić information content (AvgIpc) is 2.84. The summed E-state index contributed by atoms with van der Waals surface area (Å²) >= 11 is 0. The van der Waals surface area contributed by atoms with Crippen LogP contribution in [0.5, 0.6) is 5.75 Å². The van der Waals surface area contributed by atoms with Gasteiger partial charge >= 0.3 is 0 Å². The molecular formula is C16H24NO3+. The van der Waals surface area contributed by atoms with E-state index in [-0.39, 0.29) is 11.9 Å². The molecule has 4 nitrogen and oxygen atoms in total. The van der Waals surface area contributed by atoms with Crippen molar-refractivity contribution in [3.8, 4) is 5.75 Å². The SMILES string of the molecule is C/C=C/C(CCCC)OC1OCc2c[nH+]c(C)c(O)c21. The van der Waals surface area contributed by atoms with E-state index in [1.165, 1.54) is 0 Å². The van der Waals surface area contributed by atoms with Crippen LogP contribution in [0, 0.1) is 6.92 Å². The van der Waals surface area contributed by atoms with Gasteiger partial charge in [0.15, 0.2) is 18.2 Å². The summed E-state index contributed by atoms with van der Waals surface area (Å²) in [5.74, 6) is 0.250. The first-order chi connectivity index (χ1) is 9.67. The zero-order valence-corrected chi connectivity index (χ0v) is 12.5. The van der Waals surface area contributed by atoms with Gasteiger partial charge in [0.25, 0.3) is 0 Å². The molecule has 0 saturated heterocycles. The molecule has 1 aliphatic heterocycles. The van der Waals surface area contributed by atoms with Gasteiger partial charge in [0, 0.05) is 6.92 Å². The molecule has 1 aromatic rings. The predicted octanol–water partition coefficient (Wildman–Crippen LogP) is 3.20. The third-order valence-electron chi connectivity index (χ3n) is 3.59. The maximum atomic E-state index is 10.2. The minimum Gasteiger partial charge on any atom is -0.502 e. The Hall–Kier alpha value is -1.39. The lowest BCUT2D eigenvalue weighted by Gasteiger charge is -2.19. The highest BCUT2D eigenvalue weighted by Crippen LogP contribution is 2.38. The average molecular weight is 278 g/mol. The Morgan fingerprint density at radius 2 is 2.40 bits per heavy atom. The van der Waals surface area contributed by atoms with Gasteiger partial charge in [-0.15, -0.1) is 0 Å². The first kappa shape index (κ1) is 15.0. The Bertz CT molecular complexity index is 485. The van der Waals surface area contributed by atoms with Crippen molar-refractivity contribution in [3.05, 3.63) is 35.2 Å². The molecule has 2 atom stereocenters. The van der Waals surface area contributed by atoms with Crippen LogP contribution >= 0.6 is 0 Å². The van der Waals surface area contributed by atoms with Crippen LogP contribution in [0.1, 0.15) is 56.2 Å². The van der Waals surface area contributed by atoms with Crippen LogP contribution < -0.4 is 4.98 Å². The first-order valence-corrected chi connectivity index (χ1v) is 7.30. The van der Waals surface area contributed by atoms with E-state index in [0.717, 1.165) is 36.1 Å². The highest BCUT2D eigenvalue weighted by Gasteiger charge is 2.32. The van der Waals surface area contributed by atoms with Crippen molar-refractivity contribution >= 4 is 0 Å². The monoisotopic (exact) mass is 278 g/mol. The lowest BCUT2D eigenvalue weighted by Crippen LogP contribution is -2.16. The fourth-order valence-corrected chi connectivity index (χ4v) is 2.42. The predicted molar refractivity (Wildman–Crippen MR) is 76.1 cm³/mol. The van der Waals surface area contributed by atoms with E-state index < -0.39 is 6.29 Å². The molecule has 2 N–H and O–H groups in total. The van der Waals surface area contributed by atoms with Crippen LogP contribution in [-0.4, -0.2) is 11.2 Å². The minimum absolute atomic E-state index is 0.0276. The van der Waals surface area contributed by atoms with Crippen molar-refractivity contribution in [1.82, 2.24) is 0 Å². The normalized spacial score (nSPS) is 19.4. The Morgan fingerprint density at radius 3 is 3.10 bits per heavy atom. The number of rotatable bonds is 6. The molecule has 0 aliphatic carbocycles. The zero-order valence-electron chi connectivity index (χ0n) is 12.5. The van der Waals surface area contributed by atoms with Gasteiger partial charge in [-0.25, -0.2) is 4.98 Å². The number of ether oxygens (including phenoxy) is 2. The molecule has 0 aromatic carbocycles. The third kappa shape index (κ3) is 3.19. The Kier molecular flexibility index (Phi) is 5.15. The van der Waals surface area contributed by atoms with Gasteiger partial charge in [0.1, 0.15) is 0 Å². The summed E-state index contributed by atoms with van der Waals surface area (Å²) in [6, 6.07) is 0. The van der Waals surface area contributed by atoms with Crippen molar-refractivity contribution in [2.24, 2.45) is 0 Å². The fraction of sp³-hybridized carbons (Fsp3) is 0.562. The summed E-state index contributed by atoms with van der Waals surface area (Å²) in [5.41, 5.74) is 2.47. The van der Waals surface area contributed by atoms with E-state index in [9.17, 15) is 5.11 Å². The number of hydrogen-bond donors (Lipinski definition) is 1. The summed E-state index contributed by atoms with van der Waals surface area (Å²) in [6.07, 6.45) is 8.70. The van der Waals surface area contributed by atoms with Crippen LogP contribution in [0.25, 0.3) is 0 Å². The number of allylic oxidation sites excluding steroid dienone is 1. The van der Waals surface area contributed by atoms with Gasteiger partial charge < -0.3 is 14.6 Å². The highest BCUT2D eigenvalue weighted by molar-refractivity contribution is 5.40. The number of unbranched alkanes of at least 4 members (excludes halogenated alkanes) is 1. The maximum absolute atomic E-state index is 10.2. The molecule has 0 spiro atoms. The molecule has 0 amide bonds. The number of hydrogen-bond acceptors (Lipinski definition) is 3.